The van der Waals surface area contributed by atoms with E-state index in [1.807, 2.05) is 47.8 Å². The van der Waals surface area contributed by atoms with Gasteiger partial charge in [0, 0.05) is 50.3 Å². The van der Waals surface area contributed by atoms with Crippen LogP contribution in [0.2, 0.25) is 0 Å². The fourth-order valence-corrected chi connectivity index (χ4v) is 3.49. The molecule has 0 unspecified atom stereocenters. The molecule has 3 aromatic heterocycles. The third-order valence-electron chi connectivity index (χ3n) is 4.95. The summed E-state index contributed by atoms with van der Waals surface area (Å²) in [7, 11) is 1.96. The molecular weight excluding hydrogens is 340 g/mol. The summed E-state index contributed by atoms with van der Waals surface area (Å²) >= 11 is 0. The van der Waals surface area contributed by atoms with Crippen molar-refractivity contribution in [2.24, 2.45) is 7.05 Å². The maximum Gasteiger partial charge on any atom is 0.272 e. The number of carbonyl (C=O) groups is 1. The van der Waals surface area contributed by atoms with Crippen molar-refractivity contribution < 1.29 is 4.79 Å². The topological polar surface area (TPSA) is 76.8 Å². The smallest absolute Gasteiger partial charge is 0.272 e. The number of rotatable bonds is 3. The number of amides is 1. The van der Waals surface area contributed by atoms with E-state index in [0.29, 0.717) is 18.8 Å². The minimum absolute atomic E-state index is 0.00656. The number of carbonyl (C=O) groups excluding carboxylic acids is 1. The van der Waals surface area contributed by atoms with Crippen LogP contribution in [0.3, 0.4) is 0 Å². The molecule has 1 saturated heterocycles. The van der Waals surface area contributed by atoms with Crippen molar-refractivity contribution in [1.29, 1.82) is 0 Å². The monoisotopic (exact) mass is 362 g/mol. The Morgan fingerprint density at radius 2 is 1.93 bits per heavy atom. The normalized spacial score (nSPS) is 15.1. The summed E-state index contributed by atoms with van der Waals surface area (Å²) in [5.41, 5.74) is 2.28. The number of imidazole rings is 1. The molecule has 0 aromatic carbocycles. The molecule has 138 valence electrons. The number of aryl methyl sites for hydroxylation is 2. The van der Waals surface area contributed by atoms with E-state index >= 15 is 0 Å². The Hall–Kier alpha value is -3.09. The molecule has 4 rings (SSSR count). The Labute approximate surface area is 158 Å². The molecule has 0 saturated carbocycles. The van der Waals surface area contributed by atoms with Crippen molar-refractivity contribution in [1.82, 2.24) is 29.4 Å². The second-order valence-corrected chi connectivity index (χ2v) is 6.90. The predicted molar refractivity (Wildman–Crippen MR) is 101 cm³/mol. The van der Waals surface area contributed by atoms with Crippen LogP contribution >= 0.6 is 0 Å². The lowest BCUT2D eigenvalue weighted by molar-refractivity contribution is 0.0705. The molecule has 0 aliphatic carbocycles. The number of hydrogen-bond acceptors (Lipinski definition) is 5. The predicted octanol–water partition coefficient (Wildman–Crippen LogP) is 2.60. The molecule has 4 heterocycles. The highest BCUT2D eigenvalue weighted by molar-refractivity contribution is 5.92. The molecule has 0 radical (unpaired) electrons. The average Bonchev–Trinajstić information content (AvgIpc) is 3.14. The van der Waals surface area contributed by atoms with Crippen molar-refractivity contribution in [3.05, 3.63) is 60.1 Å². The summed E-state index contributed by atoms with van der Waals surface area (Å²) in [5, 5.41) is 0. The molecule has 3 aromatic rings. The molecule has 7 nitrogen and oxygen atoms in total. The van der Waals surface area contributed by atoms with Gasteiger partial charge in [0.25, 0.3) is 5.91 Å². The molecule has 1 amide bonds. The van der Waals surface area contributed by atoms with Gasteiger partial charge in [0.2, 0.25) is 0 Å². The first-order valence-corrected chi connectivity index (χ1v) is 9.15. The maximum absolute atomic E-state index is 12.6. The van der Waals surface area contributed by atoms with E-state index in [9.17, 15) is 4.79 Å². The average molecular weight is 362 g/mol. The Balaban J connectivity index is 1.49. The van der Waals surface area contributed by atoms with Gasteiger partial charge in [0.15, 0.2) is 5.82 Å². The Morgan fingerprint density at radius 3 is 2.59 bits per heavy atom. The number of pyridine rings is 1. The summed E-state index contributed by atoms with van der Waals surface area (Å²) in [4.78, 5) is 32.4. The van der Waals surface area contributed by atoms with Gasteiger partial charge < -0.3 is 9.47 Å². The summed E-state index contributed by atoms with van der Waals surface area (Å²) in [5.74, 6) is 1.92. The summed E-state index contributed by atoms with van der Waals surface area (Å²) < 4.78 is 1.96. The largest absolute Gasteiger partial charge is 0.337 e. The highest BCUT2D eigenvalue weighted by Crippen LogP contribution is 2.28. The van der Waals surface area contributed by atoms with Gasteiger partial charge in [-0.2, -0.15) is 0 Å². The summed E-state index contributed by atoms with van der Waals surface area (Å²) in [6, 6.07) is 7.38. The maximum atomic E-state index is 12.6. The molecule has 7 heteroatoms. The van der Waals surface area contributed by atoms with Crippen molar-refractivity contribution in [2.45, 2.75) is 25.7 Å². The van der Waals surface area contributed by atoms with Gasteiger partial charge in [-0.15, -0.1) is 0 Å². The molecule has 1 fully saturated rings. The van der Waals surface area contributed by atoms with Gasteiger partial charge in [-0.3, -0.25) is 9.78 Å². The van der Waals surface area contributed by atoms with Crippen LogP contribution in [0.5, 0.6) is 0 Å². The Kier molecular flexibility index (Phi) is 4.66. The first-order chi connectivity index (χ1) is 13.1. The van der Waals surface area contributed by atoms with Crippen molar-refractivity contribution in [3.63, 3.8) is 0 Å². The van der Waals surface area contributed by atoms with Crippen LogP contribution in [-0.2, 0) is 7.05 Å². The summed E-state index contributed by atoms with van der Waals surface area (Å²) in [6.45, 7) is 3.36. The van der Waals surface area contributed by atoms with E-state index in [4.69, 9.17) is 4.98 Å². The molecule has 0 atom stereocenters. The number of hydrogen-bond donors (Lipinski definition) is 0. The number of piperidine rings is 1. The third kappa shape index (κ3) is 3.58. The van der Waals surface area contributed by atoms with E-state index in [1.165, 1.54) is 0 Å². The van der Waals surface area contributed by atoms with Gasteiger partial charge in [-0.1, -0.05) is 6.07 Å². The van der Waals surface area contributed by atoms with Crippen LogP contribution in [0.1, 0.15) is 40.8 Å². The first kappa shape index (κ1) is 17.3. The zero-order chi connectivity index (χ0) is 18.8. The van der Waals surface area contributed by atoms with Crippen LogP contribution in [0.4, 0.5) is 0 Å². The van der Waals surface area contributed by atoms with E-state index in [-0.39, 0.29) is 11.8 Å². The van der Waals surface area contributed by atoms with E-state index in [0.717, 1.165) is 35.9 Å². The highest BCUT2D eigenvalue weighted by Gasteiger charge is 2.27. The highest BCUT2D eigenvalue weighted by atomic mass is 16.2. The van der Waals surface area contributed by atoms with Gasteiger partial charge in [0.05, 0.1) is 0 Å². The molecule has 1 aliphatic heterocycles. The SMILES string of the molecule is Cc1cc(-c2nccn2C)nc(C2CCN(C(=O)c3ccccn3)CC2)n1. The van der Waals surface area contributed by atoms with Gasteiger partial charge in [0.1, 0.15) is 17.2 Å². The minimum Gasteiger partial charge on any atom is -0.337 e. The van der Waals surface area contributed by atoms with Gasteiger partial charge in [-0.25, -0.2) is 15.0 Å². The quantitative estimate of drug-likeness (QED) is 0.716. The standard InChI is InChI=1S/C20H22N6O/c1-14-13-17(19-22-9-12-25(19)2)24-18(23-14)15-6-10-26(11-7-15)20(27)16-5-3-4-8-21-16/h3-5,8-9,12-13,15H,6-7,10-11H2,1-2H3. The number of nitrogens with zero attached hydrogens (tertiary/aromatic N) is 6. The van der Waals surface area contributed by atoms with Crippen LogP contribution in [0.15, 0.2) is 42.9 Å². The molecular formula is C20H22N6O. The molecule has 0 bridgehead atoms. The van der Waals surface area contributed by atoms with Crippen LogP contribution in [0.25, 0.3) is 11.5 Å². The molecule has 1 aliphatic rings. The van der Waals surface area contributed by atoms with Gasteiger partial charge >= 0.3 is 0 Å². The number of likely N-dealkylation sites (tertiary alicyclic amines) is 1. The minimum atomic E-state index is -0.00656. The van der Waals surface area contributed by atoms with E-state index in [1.54, 1.807) is 18.5 Å². The lowest BCUT2D eigenvalue weighted by atomic mass is 9.95. The second-order valence-electron chi connectivity index (χ2n) is 6.90. The van der Waals surface area contributed by atoms with Crippen LogP contribution < -0.4 is 0 Å². The second kappa shape index (κ2) is 7.26. The Morgan fingerprint density at radius 1 is 1.11 bits per heavy atom. The lowest BCUT2D eigenvalue weighted by Crippen LogP contribution is -2.38. The van der Waals surface area contributed by atoms with Crippen molar-refractivity contribution in [2.75, 3.05) is 13.1 Å². The molecule has 0 N–H and O–H groups in total. The van der Waals surface area contributed by atoms with Crippen molar-refractivity contribution >= 4 is 5.91 Å². The van der Waals surface area contributed by atoms with E-state index < -0.39 is 0 Å². The first-order valence-electron chi connectivity index (χ1n) is 9.15. The zero-order valence-corrected chi connectivity index (χ0v) is 15.5. The fourth-order valence-electron chi connectivity index (χ4n) is 3.49. The lowest BCUT2D eigenvalue weighted by Gasteiger charge is -2.31. The van der Waals surface area contributed by atoms with Crippen LogP contribution in [0, 0.1) is 6.92 Å². The third-order valence-corrected chi connectivity index (χ3v) is 4.95. The molecule has 0 spiro atoms. The zero-order valence-electron chi connectivity index (χ0n) is 15.5. The fraction of sp³-hybridized carbons (Fsp3) is 0.350. The van der Waals surface area contributed by atoms with E-state index in [2.05, 4.69) is 15.0 Å². The molecule has 27 heavy (non-hydrogen) atoms. The number of aromatic nitrogens is 5. The Bertz CT molecular complexity index is 944. The van der Waals surface area contributed by atoms with Crippen molar-refractivity contribution in [3.8, 4) is 11.5 Å². The van der Waals surface area contributed by atoms with Gasteiger partial charge in [-0.05, 0) is 38.0 Å². The summed E-state index contributed by atoms with van der Waals surface area (Å²) in [6.07, 6.45) is 7.03. The van der Waals surface area contributed by atoms with Crippen LogP contribution in [-0.4, -0.2) is 48.4 Å².